The van der Waals surface area contributed by atoms with E-state index in [2.05, 4.69) is 21.2 Å². The van der Waals surface area contributed by atoms with E-state index in [1.807, 2.05) is 19.1 Å². The molecular formula is C14H19BrN2O3S. The molecule has 0 unspecified atom stereocenters. The van der Waals surface area contributed by atoms with E-state index in [4.69, 9.17) is 0 Å². The molecule has 0 aromatic heterocycles. The second-order valence-electron chi connectivity index (χ2n) is 5.39. The van der Waals surface area contributed by atoms with Crippen LogP contribution in [0.25, 0.3) is 0 Å². The lowest BCUT2D eigenvalue weighted by atomic mass is 10.1. The molecule has 0 bridgehead atoms. The Morgan fingerprint density at radius 1 is 1.33 bits per heavy atom. The summed E-state index contributed by atoms with van der Waals surface area (Å²) < 4.78 is 25.1. The number of carbonyl (C=O) groups excluding carboxylic acids is 1. The van der Waals surface area contributed by atoms with E-state index in [-0.39, 0.29) is 11.9 Å². The monoisotopic (exact) mass is 374 g/mol. The van der Waals surface area contributed by atoms with Gasteiger partial charge in [-0.15, -0.1) is 0 Å². The van der Waals surface area contributed by atoms with Crippen molar-refractivity contribution < 1.29 is 13.2 Å². The number of hydrogen-bond acceptors (Lipinski definition) is 3. The van der Waals surface area contributed by atoms with Gasteiger partial charge in [-0.05, 0) is 53.4 Å². The Labute approximate surface area is 133 Å². The molecule has 1 aliphatic heterocycles. The number of hydrogen-bond donors (Lipinski definition) is 1. The lowest BCUT2D eigenvalue weighted by Gasteiger charge is -2.30. The maximum atomic E-state index is 12.3. The molecule has 1 aliphatic rings. The first-order chi connectivity index (χ1) is 9.77. The fraction of sp³-hybridized carbons (Fsp3) is 0.500. The number of rotatable bonds is 3. The minimum absolute atomic E-state index is 0.0173. The molecule has 1 fully saturated rings. The van der Waals surface area contributed by atoms with Crippen LogP contribution in [0.1, 0.15) is 28.8 Å². The van der Waals surface area contributed by atoms with Crippen molar-refractivity contribution >= 4 is 31.9 Å². The van der Waals surface area contributed by atoms with Gasteiger partial charge in [-0.25, -0.2) is 12.7 Å². The summed E-state index contributed by atoms with van der Waals surface area (Å²) in [5.74, 6) is -0.125. The second kappa shape index (κ2) is 6.46. The van der Waals surface area contributed by atoms with Gasteiger partial charge in [-0.1, -0.05) is 6.07 Å². The number of piperidine rings is 1. The molecule has 1 aromatic rings. The van der Waals surface area contributed by atoms with E-state index >= 15 is 0 Å². The number of nitrogens with one attached hydrogen (secondary N) is 1. The molecule has 1 N–H and O–H groups in total. The van der Waals surface area contributed by atoms with Gasteiger partial charge in [-0.2, -0.15) is 0 Å². The SMILES string of the molecule is Cc1ccc(C(=O)NC2CCN(S(C)(=O)=O)CC2)c(Br)c1. The third kappa shape index (κ3) is 4.28. The maximum Gasteiger partial charge on any atom is 0.252 e. The Balaban J connectivity index is 1.96. The number of sulfonamides is 1. The van der Waals surface area contributed by atoms with Crippen molar-refractivity contribution in [3.05, 3.63) is 33.8 Å². The molecule has 1 amide bonds. The second-order valence-corrected chi connectivity index (χ2v) is 8.23. The Bertz CT molecular complexity index is 638. The molecule has 0 aliphatic carbocycles. The average molecular weight is 375 g/mol. The fourth-order valence-corrected chi connectivity index (χ4v) is 3.95. The van der Waals surface area contributed by atoms with Gasteiger partial charge >= 0.3 is 0 Å². The van der Waals surface area contributed by atoms with E-state index in [1.54, 1.807) is 6.07 Å². The zero-order valence-corrected chi connectivity index (χ0v) is 14.5. The third-order valence-electron chi connectivity index (χ3n) is 3.63. The van der Waals surface area contributed by atoms with Crippen molar-refractivity contribution in [2.75, 3.05) is 19.3 Å². The highest BCUT2D eigenvalue weighted by Crippen LogP contribution is 2.19. The van der Waals surface area contributed by atoms with Crippen molar-refractivity contribution in [2.45, 2.75) is 25.8 Å². The summed E-state index contributed by atoms with van der Waals surface area (Å²) in [5.41, 5.74) is 1.69. The molecule has 2 rings (SSSR count). The third-order valence-corrected chi connectivity index (χ3v) is 5.59. The smallest absolute Gasteiger partial charge is 0.252 e. The Kier molecular flexibility index (Phi) is 5.06. The zero-order chi connectivity index (χ0) is 15.6. The van der Waals surface area contributed by atoms with Crippen molar-refractivity contribution in [3.63, 3.8) is 0 Å². The van der Waals surface area contributed by atoms with E-state index in [0.717, 1.165) is 10.0 Å². The van der Waals surface area contributed by atoms with Gasteiger partial charge in [0.2, 0.25) is 10.0 Å². The minimum Gasteiger partial charge on any atom is -0.349 e. The standard InChI is InChI=1S/C14H19BrN2O3S/c1-10-3-4-12(13(15)9-10)14(18)16-11-5-7-17(8-6-11)21(2,19)20/h3-4,9,11H,5-8H2,1-2H3,(H,16,18). The summed E-state index contributed by atoms with van der Waals surface area (Å²) in [6.07, 6.45) is 2.50. The van der Waals surface area contributed by atoms with Crippen molar-refractivity contribution in [1.82, 2.24) is 9.62 Å². The number of halogens is 1. The van der Waals surface area contributed by atoms with Crippen LogP contribution < -0.4 is 5.32 Å². The first-order valence-corrected chi connectivity index (χ1v) is 9.43. The van der Waals surface area contributed by atoms with Crippen LogP contribution in [0.15, 0.2) is 22.7 Å². The van der Waals surface area contributed by atoms with Crippen LogP contribution in [0.4, 0.5) is 0 Å². The van der Waals surface area contributed by atoms with Gasteiger partial charge in [0.15, 0.2) is 0 Å². The van der Waals surface area contributed by atoms with Gasteiger partial charge in [0.25, 0.3) is 5.91 Å². The molecule has 0 radical (unpaired) electrons. The van der Waals surface area contributed by atoms with Crippen LogP contribution in [0.3, 0.4) is 0 Å². The summed E-state index contributed by atoms with van der Waals surface area (Å²) in [5, 5.41) is 2.98. The van der Waals surface area contributed by atoms with E-state index in [1.165, 1.54) is 10.6 Å². The molecule has 1 heterocycles. The van der Waals surface area contributed by atoms with Crippen molar-refractivity contribution in [1.29, 1.82) is 0 Å². The van der Waals surface area contributed by atoms with Crippen LogP contribution in [0.5, 0.6) is 0 Å². The Hall–Kier alpha value is -0.920. The first-order valence-electron chi connectivity index (χ1n) is 6.79. The van der Waals surface area contributed by atoms with Crippen LogP contribution >= 0.6 is 15.9 Å². The quantitative estimate of drug-likeness (QED) is 0.878. The average Bonchev–Trinajstić information content (AvgIpc) is 2.38. The molecular weight excluding hydrogens is 356 g/mol. The van der Waals surface area contributed by atoms with Gasteiger partial charge in [-0.3, -0.25) is 4.79 Å². The number of carbonyl (C=O) groups is 1. The highest BCUT2D eigenvalue weighted by molar-refractivity contribution is 9.10. The molecule has 7 heteroatoms. The zero-order valence-electron chi connectivity index (χ0n) is 12.1. The normalized spacial score (nSPS) is 17.7. The van der Waals surface area contributed by atoms with Crippen LogP contribution in [0, 0.1) is 6.92 Å². The van der Waals surface area contributed by atoms with Crippen molar-refractivity contribution in [3.8, 4) is 0 Å². The minimum atomic E-state index is -3.13. The number of benzene rings is 1. The van der Waals surface area contributed by atoms with Gasteiger partial charge in [0.05, 0.1) is 11.8 Å². The van der Waals surface area contributed by atoms with Gasteiger partial charge < -0.3 is 5.32 Å². The summed E-state index contributed by atoms with van der Waals surface area (Å²) in [4.78, 5) is 12.3. The molecule has 1 saturated heterocycles. The highest BCUT2D eigenvalue weighted by Gasteiger charge is 2.26. The van der Waals surface area contributed by atoms with Crippen LogP contribution in [-0.4, -0.2) is 44.0 Å². The molecule has 0 atom stereocenters. The topological polar surface area (TPSA) is 66.5 Å². The van der Waals surface area contributed by atoms with Crippen LogP contribution in [-0.2, 0) is 10.0 Å². The fourth-order valence-electron chi connectivity index (χ4n) is 2.40. The predicted molar refractivity (Wildman–Crippen MR) is 85.8 cm³/mol. The lowest BCUT2D eigenvalue weighted by Crippen LogP contribution is -2.46. The highest BCUT2D eigenvalue weighted by atomic mass is 79.9. The summed E-state index contributed by atoms with van der Waals surface area (Å²) in [6.45, 7) is 2.88. The molecule has 0 saturated carbocycles. The molecule has 116 valence electrons. The Morgan fingerprint density at radius 2 is 1.95 bits per heavy atom. The number of nitrogens with zero attached hydrogens (tertiary/aromatic N) is 1. The van der Waals surface area contributed by atoms with E-state index < -0.39 is 10.0 Å². The van der Waals surface area contributed by atoms with Gasteiger partial charge in [0, 0.05) is 23.6 Å². The van der Waals surface area contributed by atoms with Crippen LogP contribution in [0.2, 0.25) is 0 Å². The maximum absolute atomic E-state index is 12.3. The number of aryl methyl sites for hydroxylation is 1. The van der Waals surface area contributed by atoms with E-state index in [9.17, 15) is 13.2 Å². The molecule has 21 heavy (non-hydrogen) atoms. The van der Waals surface area contributed by atoms with E-state index in [0.29, 0.717) is 31.5 Å². The first kappa shape index (κ1) is 16.5. The molecule has 0 spiro atoms. The summed E-state index contributed by atoms with van der Waals surface area (Å²) >= 11 is 3.40. The summed E-state index contributed by atoms with van der Waals surface area (Å²) in [6, 6.07) is 5.61. The molecule has 1 aromatic carbocycles. The van der Waals surface area contributed by atoms with Crippen molar-refractivity contribution in [2.24, 2.45) is 0 Å². The predicted octanol–water partition coefficient (Wildman–Crippen LogP) is 1.91. The lowest BCUT2D eigenvalue weighted by molar-refractivity contribution is 0.0923. The number of amides is 1. The summed E-state index contributed by atoms with van der Waals surface area (Å²) in [7, 11) is -3.13. The Morgan fingerprint density at radius 3 is 2.48 bits per heavy atom. The largest absolute Gasteiger partial charge is 0.349 e. The molecule has 5 nitrogen and oxygen atoms in total. The van der Waals surface area contributed by atoms with Gasteiger partial charge in [0.1, 0.15) is 0 Å².